The van der Waals surface area contributed by atoms with Gasteiger partial charge in [-0.2, -0.15) is 0 Å². The molecular weight excluding hydrogens is 414 g/mol. The Balaban J connectivity index is 2.10. The van der Waals surface area contributed by atoms with Crippen molar-refractivity contribution in [1.29, 1.82) is 0 Å². The summed E-state index contributed by atoms with van der Waals surface area (Å²) in [6.45, 7) is 1.60. The predicted molar refractivity (Wildman–Crippen MR) is 124 cm³/mol. The fourth-order valence-corrected chi connectivity index (χ4v) is 3.81. The van der Waals surface area contributed by atoms with Crippen LogP contribution >= 0.6 is 0 Å². The molecule has 190 valence electrons. The van der Waals surface area contributed by atoms with E-state index in [2.05, 4.69) is 6.92 Å². The summed E-state index contributed by atoms with van der Waals surface area (Å²) in [5.74, 6) is 0. The van der Waals surface area contributed by atoms with E-state index in [-0.39, 0.29) is 6.61 Å². The van der Waals surface area contributed by atoms with Gasteiger partial charge in [0, 0.05) is 0 Å². The van der Waals surface area contributed by atoms with Crippen LogP contribution in [0.25, 0.3) is 0 Å². The number of aliphatic hydroxyl groups excluding tert-OH is 5. The normalized spacial score (nSPS) is 28.3. The van der Waals surface area contributed by atoms with Crippen LogP contribution in [0.15, 0.2) is 12.2 Å². The highest BCUT2D eigenvalue weighted by Gasteiger charge is 2.44. The number of nitrogens with two attached hydrogens (primary N) is 1. The molecule has 0 amide bonds. The van der Waals surface area contributed by atoms with Gasteiger partial charge in [-0.3, -0.25) is 0 Å². The average molecular weight is 462 g/mol. The molecule has 8 heteroatoms. The minimum Gasteiger partial charge on any atom is -0.394 e. The maximum atomic E-state index is 10.2. The summed E-state index contributed by atoms with van der Waals surface area (Å²) < 4.78 is 10.6. The average Bonchev–Trinajstić information content (AvgIpc) is 2.79. The van der Waals surface area contributed by atoms with Gasteiger partial charge in [0.15, 0.2) is 6.29 Å². The van der Waals surface area contributed by atoms with Crippen molar-refractivity contribution < 1.29 is 35.0 Å². The van der Waals surface area contributed by atoms with E-state index >= 15 is 0 Å². The van der Waals surface area contributed by atoms with Crippen LogP contribution in [0.5, 0.6) is 0 Å². The van der Waals surface area contributed by atoms with Gasteiger partial charge < -0.3 is 40.7 Å². The van der Waals surface area contributed by atoms with Gasteiger partial charge in [-0.1, -0.05) is 83.3 Å². The van der Waals surface area contributed by atoms with E-state index in [9.17, 15) is 25.5 Å². The molecule has 1 rings (SSSR count). The molecule has 7 atom stereocenters. The highest BCUT2D eigenvalue weighted by Crippen LogP contribution is 2.22. The van der Waals surface area contributed by atoms with Crippen LogP contribution in [0.3, 0.4) is 0 Å². The van der Waals surface area contributed by atoms with E-state index in [1.54, 1.807) is 6.08 Å². The first-order chi connectivity index (χ1) is 15.4. The molecule has 0 saturated carbocycles. The number of aliphatic hydroxyl groups is 5. The lowest BCUT2D eigenvalue weighted by atomic mass is 9.99. The third-order valence-electron chi connectivity index (χ3n) is 6.05. The van der Waals surface area contributed by atoms with E-state index < -0.39 is 49.5 Å². The van der Waals surface area contributed by atoms with E-state index in [1.165, 1.54) is 64.2 Å². The molecule has 0 aromatic carbocycles. The van der Waals surface area contributed by atoms with Crippen LogP contribution < -0.4 is 5.73 Å². The van der Waals surface area contributed by atoms with Crippen molar-refractivity contribution >= 4 is 0 Å². The van der Waals surface area contributed by atoms with Crippen LogP contribution in [0.4, 0.5) is 0 Å². The molecule has 0 bridgehead atoms. The summed E-state index contributed by atoms with van der Waals surface area (Å²) in [4.78, 5) is 0. The molecule has 1 fully saturated rings. The Bertz CT molecular complexity index is 477. The standard InChI is InChI=1S/C24H47NO7/c1-2-3-4-5-6-7-8-9-10-11-12-13-14-15-19(27)18(25)17-31-24-23(30)22(29)21(28)20(16-26)32-24/h14-15,18-24,26-30H,2-13,16-17,25H2,1H3/t18?,19?,20-,21+,22+,23-,24-/m1/s1. The molecule has 0 aliphatic carbocycles. The van der Waals surface area contributed by atoms with Gasteiger partial charge in [-0.05, 0) is 12.8 Å². The van der Waals surface area contributed by atoms with Crippen LogP contribution in [0, 0.1) is 0 Å². The Hall–Kier alpha value is -0.580. The first kappa shape index (κ1) is 29.5. The lowest BCUT2D eigenvalue weighted by molar-refractivity contribution is -0.302. The molecule has 1 saturated heterocycles. The Labute approximate surface area is 193 Å². The minimum absolute atomic E-state index is 0.118. The molecule has 32 heavy (non-hydrogen) atoms. The van der Waals surface area contributed by atoms with Crippen molar-refractivity contribution in [2.45, 2.75) is 127 Å². The molecule has 0 radical (unpaired) electrons. The van der Waals surface area contributed by atoms with Crippen LogP contribution in [0.2, 0.25) is 0 Å². The second-order valence-electron chi connectivity index (χ2n) is 8.94. The van der Waals surface area contributed by atoms with Gasteiger partial charge in [0.2, 0.25) is 0 Å². The topological polar surface area (TPSA) is 146 Å². The molecular formula is C24H47NO7. The number of hydrogen-bond donors (Lipinski definition) is 6. The van der Waals surface area contributed by atoms with Crippen molar-refractivity contribution in [3.05, 3.63) is 12.2 Å². The third kappa shape index (κ3) is 11.5. The number of rotatable bonds is 18. The summed E-state index contributed by atoms with van der Waals surface area (Å²) in [7, 11) is 0. The highest BCUT2D eigenvalue weighted by atomic mass is 16.7. The quantitative estimate of drug-likeness (QED) is 0.134. The molecule has 0 spiro atoms. The highest BCUT2D eigenvalue weighted by molar-refractivity contribution is 4.94. The second kappa shape index (κ2) is 17.8. The lowest BCUT2D eigenvalue weighted by Gasteiger charge is -2.39. The second-order valence-corrected chi connectivity index (χ2v) is 8.94. The molecule has 8 nitrogen and oxygen atoms in total. The third-order valence-corrected chi connectivity index (χ3v) is 6.05. The zero-order valence-corrected chi connectivity index (χ0v) is 19.7. The van der Waals surface area contributed by atoms with Crippen LogP contribution in [-0.2, 0) is 9.47 Å². The summed E-state index contributed by atoms with van der Waals surface area (Å²) in [5.41, 5.74) is 5.93. The van der Waals surface area contributed by atoms with Crippen molar-refractivity contribution in [3.63, 3.8) is 0 Å². The van der Waals surface area contributed by atoms with Crippen LogP contribution in [0.1, 0.15) is 84.0 Å². The van der Waals surface area contributed by atoms with E-state index in [1.807, 2.05) is 6.08 Å². The zero-order valence-electron chi connectivity index (χ0n) is 19.7. The maximum absolute atomic E-state index is 10.2. The monoisotopic (exact) mass is 461 g/mol. The molecule has 2 unspecified atom stereocenters. The summed E-state index contributed by atoms with van der Waals surface area (Å²) in [6, 6.07) is -0.740. The Morgan fingerprint density at radius 1 is 0.875 bits per heavy atom. The van der Waals surface area contributed by atoms with Crippen LogP contribution in [-0.4, -0.2) is 81.6 Å². The van der Waals surface area contributed by atoms with Gasteiger partial charge in [-0.25, -0.2) is 0 Å². The number of ether oxygens (including phenoxy) is 2. The Kier molecular flexibility index (Phi) is 16.4. The number of allylic oxidation sites excluding steroid dienone is 1. The molecule has 1 aliphatic heterocycles. The number of unbranched alkanes of at least 4 members (excludes halogenated alkanes) is 11. The molecule has 0 aromatic rings. The smallest absolute Gasteiger partial charge is 0.186 e. The Morgan fingerprint density at radius 3 is 2.00 bits per heavy atom. The van der Waals surface area contributed by atoms with Crippen molar-refractivity contribution in [3.8, 4) is 0 Å². The molecule has 1 aliphatic rings. The van der Waals surface area contributed by atoms with Gasteiger partial charge in [-0.15, -0.1) is 0 Å². The summed E-state index contributed by atoms with van der Waals surface area (Å²) in [6.07, 6.45) is 11.1. The SMILES string of the molecule is CCCCCCCCCCCCCC=CC(O)C(N)CO[C@@H]1O[C@H](CO)[C@H](O)[C@H](O)[C@H]1O. The summed E-state index contributed by atoms with van der Waals surface area (Å²) >= 11 is 0. The first-order valence-corrected chi connectivity index (χ1v) is 12.4. The van der Waals surface area contributed by atoms with Gasteiger partial charge in [0.1, 0.15) is 24.4 Å². The van der Waals surface area contributed by atoms with E-state index in [4.69, 9.17) is 15.2 Å². The zero-order chi connectivity index (χ0) is 23.8. The molecule has 7 N–H and O–H groups in total. The minimum atomic E-state index is -1.50. The molecule has 1 heterocycles. The van der Waals surface area contributed by atoms with E-state index in [0.29, 0.717) is 0 Å². The largest absolute Gasteiger partial charge is 0.394 e. The lowest BCUT2D eigenvalue weighted by Crippen LogP contribution is -2.59. The van der Waals surface area contributed by atoms with Crippen molar-refractivity contribution in [1.82, 2.24) is 0 Å². The maximum Gasteiger partial charge on any atom is 0.186 e. The summed E-state index contributed by atoms with van der Waals surface area (Å²) in [5, 5.41) is 48.8. The fourth-order valence-electron chi connectivity index (χ4n) is 3.81. The predicted octanol–water partition coefficient (Wildman–Crippen LogP) is 1.75. The van der Waals surface area contributed by atoms with Gasteiger partial charge >= 0.3 is 0 Å². The Morgan fingerprint density at radius 2 is 1.44 bits per heavy atom. The number of hydrogen-bond acceptors (Lipinski definition) is 8. The van der Waals surface area contributed by atoms with Crippen molar-refractivity contribution in [2.24, 2.45) is 5.73 Å². The molecule has 0 aromatic heterocycles. The van der Waals surface area contributed by atoms with E-state index in [0.717, 1.165) is 12.8 Å². The van der Waals surface area contributed by atoms with Crippen molar-refractivity contribution in [2.75, 3.05) is 13.2 Å². The first-order valence-electron chi connectivity index (χ1n) is 12.4. The fraction of sp³-hybridized carbons (Fsp3) is 0.917. The van der Waals surface area contributed by atoms with Gasteiger partial charge in [0.25, 0.3) is 0 Å². The van der Waals surface area contributed by atoms with Gasteiger partial charge in [0.05, 0.1) is 25.4 Å².